The van der Waals surface area contributed by atoms with Gasteiger partial charge in [-0.15, -0.1) is 0 Å². The first kappa shape index (κ1) is 12.5. The maximum Gasteiger partial charge on any atom is 0.238 e. The van der Waals surface area contributed by atoms with Crippen LogP contribution < -0.4 is 10.5 Å². The number of hydrogen-bond donors (Lipinski definition) is 1. The first-order valence-electron chi connectivity index (χ1n) is 6.09. The second-order valence-electron chi connectivity index (χ2n) is 4.05. The minimum absolute atomic E-state index is 0.361. The third-order valence-electron chi connectivity index (χ3n) is 2.56. The van der Waals surface area contributed by atoms with E-state index in [1.54, 1.807) is 12.4 Å². The fourth-order valence-corrected chi connectivity index (χ4v) is 1.67. The van der Waals surface area contributed by atoms with E-state index in [1.807, 2.05) is 12.1 Å². The van der Waals surface area contributed by atoms with Gasteiger partial charge in [-0.05, 0) is 24.1 Å². The molecule has 1 aromatic carbocycles. The average Bonchev–Trinajstić information content (AvgIpc) is 2.42. The van der Waals surface area contributed by atoms with Gasteiger partial charge in [0.2, 0.25) is 5.88 Å². The van der Waals surface area contributed by atoms with Crippen molar-refractivity contribution in [2.75, 3.05) is 0 Å². The van der Waals surface area contributed by atoms with Crippen LogP contribution in [0.5, 0.6) is 11.6 Å². The molecule has 0 bridgehead atoms. The smallest absolute Gasteiger partial charge is 0.238 e. The van der Waals surface area contributed by atoms with E-state index in [4.69, 9.17) is 10.5 Å². The first-order valence-corrected chi connectivity index (χ1v) is 6.09. The zero-order valence-corrected chi connectivity index (χ0v) is 10.5. The highest BCUT2D eigenvalue weighted by Crippen LogP contribution is 2.19. The van der Waals surface area contributed by atoms with E-state index < -0.39 is 0 Å². The Labute approximate surface area is 107 Å². The summed E-state index contributed by atoms with van der Waals surface area (Å²) in [5, 5.41) is 0. The molecule has 18 heavy (non-hydrogen) atoms. The van der Waals surface area contributed by atoms with Crippen molar-refractivity contribution >= 4 is 0 Å². The van der Waals surface area contributed by atoms with Crippen molar-refractivity contribution < 1.29 is 4.74 Å². The summed E-state index contributed by atoms with van der Waals surface area (Å²) in [6, 6.07) is 8.03. The maximum absolute atomic E-state index is 5.62. The Morgan fingerprint density at radius 3 is 2.61 bits per heavy atom. The number of aryl methyl sites for hydroxylation is 1. The van der Waals surface area contributed by atoms with Crippen LogP contribution in [0.2, 0.25) is 0 Å². The standard InChI is InChI=1S/C14H17N3O/c1-2-3-11-4-6-13(7-5-11)18-14-10-16-9-12(8-15)17-14/h4-7,9-10H,2-3,8,15H2,1H3. The Balaban J connectivity index is 2.08. The molecular formula is C14H17N3O. The number of ether oxygens (including phenoxy) is 1. The molecule has 0 aliphatic rings. The van der Waals surface area contributed by atoms with Gasteiger partial charge in [0.05, 0.1) is 11.9 Å². The number of aromatic nitrogens is 2. The molecule has 0 fully saturated rings. The fourth-order valence-electron chi connectivity index (χ4n) is 1.67. The molecule has 2 N–H and O–H groups in total. The summed E-state index contributed by atoms with van der Waals surface area (Å²) in [6.07, 6.45) is 5.45. The normalized spacial score (nSPS) is 10.3. The van der Waals surface area contributed by atoms with Crippen molar-refractivity contribution in [3.05, 3.63) is 47.9 Å². The number of hydrogen-bond acceptors (Lipinski definition) is 4. The van der Waals surface area contributed by atoms with Gasteiger partial charge in [0, 0.05) is 12.7 Å². The number of nitrogens with two attached hydrogens (primary N) is 1. The van der Waals surface area contributed by atoms with E-state index in [-0.39, 0.29) is 0 Å². The van der Waals surface area contributed by atoms with Gasteiger partial charge in [-0.2, -0.15) is 0 Å². The fraction of sp³-hybridized carbons (Fsp3) is 0.286. The van der Waals surface area contributed by atoms with E-state index >= 15 is 0 Å². The summed E-state index contributed by atoms with van der Waals surface area (Å²) in [6.45, 7) is 2.53. The van der Waals surface area contributed by atoms with Gasteiger partial charge in [0.1, 0.15) is 5.75 Å². The highest BCUT2D eigenvalue weighted by atomic mass is 16.5. The molecule has 0 aliphatic heterocycles. The predicted octanol–water partition coefficient (Wildman–Crippen LogP) is 2.68. The summed E-state index contributed by atoms with van der Waals surface area (Å²) >= 11 is 0. The third kappa shape index (κ3) is 3.28. The average molecular weight is 243 g/mol. The van der Waals surface area contributed by atoms with Crippen LogP contribution in [-0.2, 0) is 13.0 Å². The molecule has 0 spiro atoms. The first-order chi connectivity index (χ1) is 8.81. The monoisotopic (exact) mass is 243 g/mol. The predicted molar refractivity (Wildman–Crippen MR) is 70.4 cm³/mol. The summed E-state index contributed by atoms with van der Waals surface area (Å²) in [5.74, 6) is 1.24. The van der Waals surface area contributed by atoms with Gasteiger partial charge < -0.3 is 10.5 Å². The Bertz CT molecular complexity index is 497. The van der Waals surface area contributed by atoms with Gasteiger partial charge in [0.15, 0.2) is 0 Å². The molecule has 0 amide bonds. The van der Waals surface area contributed by atoms with E-state index in [1.165, 1.54) is 5.56 Å². The minimum atomic E-state index is 0.361. The van der Waals surface area contributed by atoms with Crippen molar-refractivity contribution in [1.29, 1.82) is 0 Å². The van der Waals surface area contributed by atoms with Gasteiger partial charge in [-0.25, -0.2) is 4.98 Å². The van der Waals surface area contributed by atoms with Crippen LogP contribution in [0.25, 0.3) is 0 Å². The van der Waals surface area contributed by atoms with Crippen LogP contribution in [-0.4, -0.2) is 9.97 Å². The van der Waals surface area contributed by atoms with Crippen LogP contribution in [0.3, 0.4) is 0 Å². The van der Waals surface area contributed by atoms with Crippen molar-refractivity contribution in [3.63, 3.8) is 0 Å². The molecule has 2 aromatic rings. The molecule has 0 saturated heterocycles. The number of benzene rings is 1. The molecule has 1 heterocycles. The van der Waals surface area contributed by atoms with Crippen LogP contribution >= 0.6 is 0 Å². The third-order valence-corrected chi connectivity index (χ3v) is 2.56. The molecule has 0 atom stereocenters. The van der Waals surface area contributed by atoms with Gasteiger partial charge >= 0.3 is 0 Å². The molecule has 0 saturated carbocycles. The summed E-state index contributed by atoms with van der Waals surface area (Å²) in [4.78, 5) is 8.27. The Morgan fingerprint density at radius 2 is 1.94 bits per heavy atom. The maximum atomic E-state index is 5.62. The van der Waals surface area contributed by atoms with Crippen molar-refractivity contribution in [1.82, 2.24) is 9.97 Å². The molecule has 4 heteroatoms. The van der Waals surface area contributed by atoms with E-state index in [2.05, 4.69) is 29.0 Å². The van der Waals surface area contributed by atoms with Crippen LogP contribution in [0.4, 0.5) is 0 Å². The van der Waals surface area contributed by atoms with Crippen molar-refractivity contribution in [3.8, 4) is 11.6 Å². The quantitative estimate of drug-likeness (QED) is 0.877. The zero-order valence-electron chi connectivity index (χ0n) is 10.5. The Hall–Kier alpha value is -1.94. The molecule has 94 valence electrons. The Morgan fingerprint density at radius 1 is 1.17 bits per heavy atom. The van der Waals surface area contributed by atoms with Crippen molar-refractivity contribution in [2.45, 2.75) is 26.3 Å². The highest BCUT2D eigenvalue weighted by molar-refractivity contribution is 5.30. The minimum Gasteiger partial charge on any atom is -0.437 e. The largest absolute Gasteiger partial charge is 0.437 e. The topological polar surface area (TPSA) is 61.0 Å². The van der Waals surface area contributed by atoms with Crippen LogP contribution in [0.1, 0.15) is 24.6 Å². The van der Waals surface area contributed by atoms with E-state index in [0.717, 1.165) is 24.3 Å². The summed E-state index contributed by atoms with van der Waals surface area (Å²) in [7, 11) is 0. The second-order valence-corrected chi connectivity index (χ2v) is 4.05. The molecule has 1 aromatic heterocycles. The van der Waals surface area contributed by atoms with Gasteiger partial charge in [-0.1, -0.05) is 25.5 Å². The molecule has 0 aliphatic carbocycles. The Kier molecular flexibility index (Phi) is 4.25. The van der Waals surface area contributed by atoms with Gasteiger partial charge in [-0.3, -0.25) is 4.98 Å². The lowest BCUT2D eigenvalue weighted by atomic mass is 10.1. The van der Waals surface area contributed by atoms with Crippen LogP contribution in [0, 0.1) is 0 Å². The lowest BCUT2D eigenvalue weighted by Crippen LogP contribution is -2.01. The SMILES string of the molecule is CCCc1ccc(Oc2cncc(CN)n2)cc1. The summed E-state index contributed by atoms with van der Waals surface area (Å²) < 4.78 is 5.62. The van der Waals surface area contributed by atoms with E-state index in [9.17, 15) is 0 Å². The number of rotatable bonds is 5. The van der Waals surface area contributed by atoms with Crippen molar-refractivity contribution in [2.24, 2.45) is 5.73 Å². The van der Waals surface area contributed by atoms with Gasteiger partial charge in [0.25, 0.3) is 0 Å². The lowest BCUT2D eigenvalue weighted by molar-refractivity contribution is 0.457. The second kappa shape index (κ2) is 6.12. The summed E-state index contributed by atoms with van der Waals surface area (Å²) in [5.41, 5.74) is 7.54. The van der Waals surface area contributed by atoms with Crippen LogP contribution in [0.15, 0.2) is 36.7 Å². The highest BCUT2D eigenvalue weighted by Gasteiger charge is 2.01. The molecule has 0 radical (unpaired) electrons. The molecular weight excluding hydrogens is 226 g/mol. The molecule has 0 unspecified atom stereocenters. The van der Waals surface area contributed by atoms with E-state index in [0.29, 0.717) is 12.4 Å². The lowest BCUT2D eigenvalue weighted by Gasteiger charge is -2.06. The zero-order chi connectivity index (χ0) is 12.8. The molecule has 2 rings (SSSR count). The molecule has 4 nitrogen and oxygen atoms in total. The number of nitrogens with zero attached hydrogens (tertiary/aromatic N) is 2.